The van der Waals surface area contributed by atoms with E-state index in [0.717, 1.165) is 52.0 Å². The molecular formula is C27H30N4O3S2. The van der Waals surface area contributed by atoms with Crippen LogP contribution in [0.4, 0.5) is 5.69 Å². The highest BCUT2D eigenvalue weighted by atomic mass is 32.2. The molecule has 36 heavy (non-hydrogen) atoms. The summed E-state index contributed by atoms with van der Waals surface area (Å²) in [7, 11) is -3.73. The van der Waals surface area contributed by atoms with E-state index in [0.29, 0.717) is 22.2 Å². The second kappa shape index (κ2) is 9.63. The van der Waals surface area contributed by atoms with Gasteiger partial charge in [-0.3, -0.25) is 4.90 Å². The number of fused-ring (bicyclic) bond motifs is 2. The summed E-state index contributed by atoms with van der Waals surface area (Å²) in [6, 6.07) is 17.4. The monoisotopic (exact) mass is 522 g/mol. The molecule has 0 saturated carbocycles. The van der Waals surface area contributed by atoms with Crippen molar-refractivity contribution in [3.05, 3.63) is 71.4 Å². The van der Waals surface area contributed by atoms with Gasteiger partial charge in [0, 0.05) is 66.0 Å². The Kier molecular flexibility index (Phi) is 6.33. The number of benzene rings is 2. The molecule has 4 aromatic rings. The smallest absolute Gasteiger partial charge is 0.249 e. The van der Waals surface area contributed by atoms with Crippen LogP contribution in [0.15, 0.2) is 71.1 Å². The fraction of sp³-hybridized carbons (Fsp3) is 0.370. The van der Waals surface area contributed by atoms with Crippen molar-refractivity contribution in [3.8, 4) is 0 Å². The number of pyridine rings is 1. The first kappa shape index (κ1) is 23.7. The summed E-state index contributed by atoms with van der Waals surface area (Å²) in [6.45, 7) is 5.29. The highest BCUT2D eigenvalue weighted by Crippen LogP contribution is 2.32. The average Bonchev–Trinajstić information content (AvgIpc) is 3.58. The number of para-hydroxylation sites is 1. The van der Waals surface area contributed by atoms with Gasteiger partial charge in [-0.25, -0.2) is 8.42 Å². The van der Waals surface area contributed by atoms with Crippen LogP contribution in [0.25, 0.3) is 21.0 Å². The van der Waals surface area contributed by atoms with E-state index in [1.807, 2.05) is 6.07 Å². The minimum Gasteiger partial charge on any atom is -0.618 e. The van der Waals surface area contributed by atoms with Crippen molar-refractivity contribution in [1.82, 2.24) is 9.21 Å². The van der Waals surface area contributed by atoms with E-state index in [9.17, 15) is 13.6 Å². The molecule has 2 aromatic carbocycles. The molecule has 1 atom stereocenters. The van der Waals surface area contributed by atoms with Gasteiger partial charge in [0.15, 0.2) is 0 Å². The number of thiophene rings is 1. The fourth-order valence-corrected chi connectivity index (χ4v) is 8.23. The molecule has 2 fully saturated rings. The van der Waals surface area contributed by atoms with Crippen LogP contribution >= 0.6 is 11.3 Å². The second-order valence-electron chi connectivity index (χ2n) is 9.70. The zero-order valence-corrected chi connectivity index (χ0v) is 21.8. The van der Waals surface area contributed by atoms with Gasteiger partial charge in [-0.05, 0) is 61.5 Å². The Hall–Kier alpha value is -2.72. The maximum Gasteiger partial charge on any atom is 0.249 e. The Morgan fingerprint density at radius 1 is 1.00 bits per heavy atom. The van der Waals surface area contributed by atoms with Gasteiger partial charge in [0.1, 0.15) is 4.90 Å². The van der Waals surface area contributed by atoms with Crippen LogP contribution in [0.5, 0.6) is 0 Å². The lowest BCUT2D eigenvalue weighted by molar-refractivity contribution is -0.579. The minimum atomic E-state index is -3.73. The Bertz CT molecular complexity index is 1500. The van der Waals surface area contributed by atoms with Gasteiger partial charge in [-0.15, -0.1) is 11.3 Å². The lowest BCUT2D eigenvalue weighted by Crippen LogP contribution is -2.47. The van der Waals surface area contributed by atoms with Gasteiger partial charge in [0.25, 0.3) is 0 Å². The Labute approximate surface area is 215 Å². The number of anilines is 1. The molecule has 2 saturated heterocycles. The van der Waals surface area contributed by atoms with Gasteiger partial charge in [0.05, 0.1) is 0 Å². The minimum absolute atomic E-state index is 0.0286. The number of hydrogen-bond acceptors (Lipinski definition) is 6. The third kappa shape index (κ3) is 4.34. The van der Waals surface area contributed by atoms with E-state index < -0.39 is 10.0 Å². The number of hydrogen-bond donors (Lipinski definition) is 0. The third-order valence-corrected chi connectivity index (χ3v) is 10.4. The molecule has 2 aliphatic rings. The zero-order valence-electron chi connectivity index (χ0n) is 20.1. The molecule has 2 aromatic heterocycles. The third-order valence-electron chi connectivity index (χ3n) is 7.61. The van der Waals surface area contributed by atoms with Gasteiger partial charge >= 0.3 is 0 Å². The van der Waals surface area contributed by atoms with Crippen molar-refractivity contribution in [2.24, 2.45) is 0 Å². The van der Waals surface area contributed by atoms with E-state index in [-0.39, 0.29) is 10.9 Å². The Balaban J connectivity index is 1.11. The molecule has 0 amide bonds. The van der Waals surface area contributed by atoms with Crippen LogP contribution in [-0.4, -0.2) is 62.9 Å². The van der Waals surface area contributed by atoms with Crippen LogP contribution < -0.4 is 9.63 Å². The first-order chi connectivity index (χ1) is 17.5. The van der Waals surface area contributed by atoms with E-state index in [2.05, 4.69) is 39.4 Å². The highest BCUT2D eigenvalue weighted by Gasteiger charge is 2.36. The maximum absolute atomic E-state index is 13.5. The predicted molar refractivity (Wildman–Crippen MR) is 145 cm³/mol. The lowest BCUT2D eigenvalue weighted by Gasteiger charge is -2.37. The van der Waals surface area contributed by atoms with Crippen molar-refractivity contribution in [3.63, 3.8) is 0 Å². The molecule has 0 aliphatic carbocycles. The predicted octanol–water partition coefficient (Wildman–Crippen LogP) is 4.05. The van der Waals surface area contributed by atoms with Crippen molar-refractivity contribution in [2.75, 3.05) is 44.2 Å². The van der Waals surface area contributed by atoms with Crippen LogP contribution in [0.2, 0.25) is 0 Å². The maximum atomic E-state index is 13.5. The number of nitrogens with zero attached hydrogens (tertiary/aromatic N) is 4. The van der Waals surface area contributed by atoms with E-state index >= 15 is 0 Å². The fourth-order valence-electron chi connectivity index (χ4n) is 5.67. The molecule has 7 nitrogen and oxygen atoms in total. The SMILES string of the molecule is O=S(=O)(c1cc2ccccc2[n+]([O-])c1)N1CCCC1CCN1CCN(c2cccc3sccc23)CC1. The summed E-state index contributed by atoms with van der Waals surface area (Å²) in [5, 5.41) is 16.6. The van der Waals surface area contributed by atoms with Crippen LogP contribution in [0, 0.1) is 5.21 Å². The van der Waals surface area contributed by atoms with E-state index in [4.69, 9.17) is 0 Å². The highest BCUT2D eigenvalue weighted by molar-refractivity contribution is 7.89. The first-order valence-electron chi connectivity index (χ1n) is 12.6. The summed E-state index contributed by atoms with van der Waals surface area (Å²) < 4.78 is 30.7. The molecule has 4 heterocycles. The Morgan fingerprint density at radius 2 is 1.83 bits per heavy atom. The van der Waals surface area contributed by atoms with Crippen LogP contribution in [0.3, 0.4) is 0 Å². The summed E-state index contributed by atoms with van der Waals surface area (Å²) in [4.78, 5) is 5.00. The number of aromatic nitrogens is 1. The normalized spacial score (nSPS) is 20.0. The largest absolute Gasteiger partial charge is 0.618 e. The van der Waals surface area contributed by atoms with Gasteiger partial charge in [0.2, 0.25) is 21.7 Å². The molecule has 2 aliphatic heterocycles. The van der Waals surface area contributed by atoms with E-state index in [1.165, 1.54) is 22.0 Å². The van der Waals surface area contributed by atoms with E-state index in [1.54, 1.807) is 39.9 Å². The molecule has 6 rings (SSSR count). The quantitative estimate of drug-likeness (QED) is 0.282. The number of piperazine rings is 1. The molecule has 0 bridgehead atoms. The molecule has 0 spiro atoms. The van der Waals surface area contributed by atoms with Gasteiger partial charge < -0.3 is 10.1 Å². The molecular weight excluding hydrogens is 492 g/mol. The summed E-state index contributed by atoms with van der Waals surface area (Å²) in [5.74, 6) is 0. The summed E-state index contributed by atoms with van der Waals surface area (Å²) >= 11 is 1.78. The molecule has 188 valence electrons. The molecule has 9 heteroatoms. The number of rotatable bonds is 6. The topological polar surface area (TPSA) is 70.8 Å². The lowest BCUT2D eigenvalue weighted by atomic mass is 10.1. The van der Waals surface area contributed by atoms with Crippen molar-refractivity contribution in [2.45, 2.75) is 30.2 Å². The molecule has 1 unspecified atom stereocenters. The van der Waals surface area contributed by atoms with Crippen molar-refractivity contribution < 1.29 is 13.1 Å². The van der Waals surface area contributed by atoms with Crippen LogP contribution in [-0.2, 0) is 10.0 Å². The molecule has 0 N–H and O–H groups in total. The second-order valence-corrected chi connectivity index (χ2v) is 12.5. The van der Waals surface area contributed by atoms with Gasteiger partial charge in [-0.1, -0.05) is 18.2 Å². The van der Waals surface area contributed by atoms with Crippen LogP contribution in [0.1, 0.15) is 19.3 Å². The molecule has 0 radical (unpaired) electrons. The van der Waals surface area contributed by atoms with Crippen molar-refractivity contribution in [1.29, 1.82) is 0 Å². The standard InChI is InChI=1S/C27H30N4O3S2/c32-30-20-23(19-21-5-1-2-7-25(21)30)36(33,34)31-12-4-6-22(31)10-13-28-14-16-29(17-15-28)26-8-3-9-27-24(26)11-18-35-27/h1-3,5,7-9,11,18-20,22H,4,6,10,12-17H2. The first-order valence-corrected chi connectivity index (χ1v) is 14.9. The zero-order chi connectivity index (χ0) is 24.7. The summed E-state index contributed by atoms with van der Waals surface area (Å²) in [5.41, 5.74) is 1.79. The van der Waals surface area contributed by atoms with Crippen molar-refractivity contribution >= 4 is 48.0 Å². The average molecular weight is 523 g/mol. The Morgan fingerprint density at radius 3 is 2.69 bits per heavy atom. The number of sulfonamides is 1. The summed E-state index contributed by atoms with van der Waals surface area (Å²) in [6.07, 6.45) is 3.74. The van der Waals surface area contributed by atoms with Gasteiger partial charge in [-0.2, -0.15) is 9.04 Å².